The molecular formula is C34H27FN4O4. The van der Waals surface area contributed by atoms with Crippen LogP contribution in [0.5, 0.6) is 5.75 Å². The molecule has 4 aromatic carbocycles. The average molecular weight is 575 g/mol. The van der Waals surface area contributed by atoms with Crippen LogP contribution in [0.1, 0.15) is 40.1 Å². The van der Waals surface area contributed by atoms with Crippen LogP contribution in [0, 0.1) is 5.82 Å². The Bertz CT molecular complexity index is 1880. The maximum absolute atomic E-state index is 14.3. The highest BCUT2D eigenvalue weighted by molar-refractivity contribution is 6.24. The highest BCUT2D eigenvalue weighted by Crippen LogP contribution is 2.45. The standard InChI is InChI=1S/C34H27FN4O4/c1-2-43-23-17-15-22(16-18-23)36-32(40)25-8-4-6-10-28(25)39-33(41)29-19-26-24-7-3-5-9-27(24)37-30(26)31(38(29)34(39)42)20-11-13-21(35)14-12-20/h3-18,29,31,37H,2,19H2,1H3,(H,36,40). The normalized spacial score (nSPS) is 17.6. The Balaban J connectivity index is 1.27. The third-order valence-corrected chi connectivity index (χ3v) is 8.05. The van der Waals surface area contributed by atoms with Crippen molar-refractivity contribution in [1.29, 1.82) is 0 Å². The number of imide groups is 1. The lowest BCUT2D eigenvalue weighted by Crippen LogP contribution is -2.44. The minimum Gasteiger partial charge on any atom is -0.494 e. The van der Waals surface area contributed by atoms with Crippen molar-refractivity contribution < 1.29 is 23.5 Å². The number of nitrogens with zero attached hydrogens (tertiary/aromatic N) is 2. The van der Waals surface area contributed by atoms with Crippen LogP contribution in [0.15, 0.2) is 97.1 Å². The number of urea groups is 1. The quantitative estimate of drug-likeness (QED) is 0.228. The van der Waals surface area contributed by atoms with E-state index in [0.29, 0.717) is 30.0 Å². The minimum atomic E-state index is -0.809. The number of fused-ring (bicyclic) bond motifs is 4. The number of benzene rings is 4. The number of amides is 4. The summed E-state index contributed by atoms with van der Waals surface area (Å²) in [6.07, 6.45) is 0.304. The van der Waals surface area contributed by atoms with E-state index in [-0.39, 0.29) is 11.3 Å². The molecule has 2 unspecified atom stereocenters. The second-order valence-electron chi connectivity index (χ2n) is 10.5. The molecule has 2 atom stereocenters. The summed E-state index contributed by atoms with van der Waals surface area (Å²) in [6.45, 7) is 2.42. The number of aromatic nitrogens is 1. The van der Waals surface area contributed by atoms with Gasteiger partial charge in [-0.15, -0.1) is 0 Å². The number of carbonyl (C=O) groups excluding carboxylic acids is 3. The van der Waals surface area contributed by atoms with Crippen LogP contribution >= 0.6 is 0 Å². The summed E-state index contributed by atoms with van der Waals surface area (Å²) < 4.78 is 19.4. The number of hydrogen-bond acceptors (Lipinski definition) is 4. The van der Waals surface area contributed by atoms with Gasteiger partial charge in [0.15, 0.2) is 0 Å². The largest absolute Gasteiger partial charge is 0.494 e. The molecular weight excluding hydrogens is 547 g/mol. The zero-order chi connectivity index (χ0) is 29.7. The number of aromatic amines is 1. The first-order valence-electron chi connectivity index (χ1n) is 14.1. The van der Waals surface area contributed by atoms with Crippen LogP contribution in [-0.4, -0.2) is 40.4 Å². The Labute approximate surface area is 246 Å². The van der Waals surface area contributed by atoms with Crippen molar-refractivity contribution in [2.24, 2.45) is 0 Å². The lowest BCUT2D eigenvalue weighted by molar-refractivity contribution is -0.120. The average Bonchev–Trinajstić information content (AvgIpc) is 3.51. The van der Waals surface area contributed by atoms with Crippen LogP contribution in [0.25, 0.3) is 10.9 Å². The van der Waals surface area contributed by atoms with Crippen LogP contribution < -0.4 is 15.0 Å². The molecule has 214 valence electrons. The number of hydrogen-bond donors (Lipinski definition) is 2. The highest BCUT2D eigenvalue weighted by Gasteiger charge is 2.53. The van der Waals surface area contributed by atoms with Crippen molar-refractivity contribution in [3.8, 4) is 5.75 Å². The van der Waals surface area contributed by atoms with Gasteiger partial charge in [-0.1, -0.05) is 42.5 Å². The molecule has 7 rings (SSSR count). The summed E-state index contributed by atoms with van der Waals surface area (Å²) in [4.78, 5) is 48.0. The third-order valence-electron chi connectivity index (χ3n) is 8.05. The molecule has 1 saturated heterocycles. The molecule has 0 bridgehead atoms. The molecule has 0 aliphatic carbocycles. The van der Waals surface area contributed by atoms with E-state index in [0.717, 1.165) is 27.1 Å². The predicted molar refractivity (Wildman–Crippen MR) is 161 cm³/mol. The molecule has 5 aromatic rings. The molecule has 4 amide bonds. The number of rotatable bonds is 6. The molecule has 2 N–H and O–H groups in total. The third kappa shape index (κ3) is 4.41. The van der Waals surface area contributed by atoms with Crippen molar-refractivity contribution in [3.05, 3.63) is 125 Å². The lowest BCUT2D eigenvalue weighted by Gasteiger charge is -2.36. The molecule has 8 nitrogen and oxygen atoms in total. The number of halogens is 1. The van der Waals surface area contributed by atoms with Gasteiger partial charge >= 0.3 is 6.03 Å². The van der Waals surface area contributed by atoms with Gasteiger partial charge in [-0.2, -0.15) is 0 Å². The first kappa shape index (κ1) is 26.5. The summed E-state index contributed by atoms with van der Waals surface area (Å²) in [5.74, 6) is -0.601. The molecule has 2 aliphatic rings. The van der Waals surface area contributed by atoms with E-state index in [2.05, 4.69) is 10.3 Å². The zero-order valence-corrected chi connectivity index (χ0v) is 23.2. The lowest BCUT2D eigenvalue weighted by atomic mass is 9.89. The van der Waals surface area contributed by atoms with Gasteiger partial charge in [-0.3, -0.25) is 14.5 Å². The van der Waals surface area contributed by atoms with Crippen molar-refractivity contribution in [2.75, 3.05) is 16.8 Å². The van der Waals surface area contributed by atoms with Crippen molar-refractivity contribution in [3.63, 3.8) is 0 Å². The number of ether oxygens (including phenoxy) is 1. The number of H-pyrrole nitrogens is 1. The predicted octanol–water partition coefficient (Wildman–Crippen LogP) is 6.44. The maximum atomic E-state index is 14.3. The van der Waals surface area contributed by atoms with Crippen molar-refractivity contribution in [1.82, 2.24) is 9.88 Å². The van der Waals surface area contributed by atoms with E-state index in [1.165, 1.54) is 12.1 Å². The van der Waals surface area contributed by atoms with Crippen LogP contribution in [-0.2, 0) is 11.2 Å². The summed E-state index contributed by atoms with van der Waals surface area (Å²) in [6, 6.07) is 25.3. The van der Waals surface area contributed by atoms with E-state index in [1.54, 1.807) is 65.6 Å². The van der Waals surface area contributed by atoms with Gasteiger partial charge in [-0.25, -0.2) is 14.1 Å². The maximum Gasteiger partial charge on any atom is 0.332 e. The van der Waals surface area contributed by atoms with Crippen molar-refractivity contribution >= 4 is 40.1 Å². The number of anilines is 2. The van der Waals surface area contributed by atoms with E-state index in [4.69, 9.17) is 4.74 Å². The fraction of sp³-hybridized carbons (Fsp3) is 0.147. The summed E-state index contributed by atoms with van der Waals surface area (Å²) in [5.41, 5.74) is 4.21. The number of para-hydroxylation sites is 2. The molecule has 43 heavy (non-hydrogen) atoms. The second kappa shape index (κ2) is 10.4. The second-order valence-corrected chi connectivity index (χ2v) is 10.5. The Morgan fingerprint density at radius 3 is 2.44 bits per heavy atom. The van der Waals surface area contributed by atoms with Crippen LogP contribution in [0.3, 0.4) is 0 Å². The SMILES string of the molecule is CCOc1ccc(NC(=O)c2ccccc2N2C(=O)C3Cc4c([nH]c5ccccc45)C(c4ccc(F)cc4)N3C2=O)cc1. The molecule has 2 aliphatic heterocycles. The van der Waals surface area contributed by atoms with Gasteiger partial charge in [0, 0.05) is 28.7 Å². The molecule has 9 heteroatoms. The van der Waals surface area contributed by atoms with E-state index >= 15 is 0 Å². The first-order chi connectivity index (χ1) is 20.9. The van der Waals surface area contributed by atoms with Gasteiger partial charge in [-0.05, 0) is 72.6 Å². The Hall–Kier alpha value is -5.44. The summed E-state index contributed by atoms with van der Waals surface area (Å²) >= 11 is 0. The Morgan fingerprint density at radius 2 is 1.67 bits per heavy atom. The Morgan fingerprint density at radius 1 is 0.953 bits per heavy atom. The van der Waals surface area contributed by atoms with Gasteiger partial charge in [0.2, 0.25) is 0 Å². The van der Waals surface area contributed by atoms with E-state index in [9.17, 15) is 18.8 Å². The van der Waals surface area contributed by atoms with E-state index < -0.39 is 35.7 Å². The monoisotopic (exact) mass is 574 g/mol. The molecule has 1 fully saturated rings. The van der Waals surface area contributed by atoms with Crippen molar-refractivity contribution in [2.45, 2.75) is 25.4 Å². The molecule has 0 spiro atoms. The first-order valence-corrected chi connectivity index (χ1v) is 14.1. The smallest absolute Gasteiger partial charge is 0.332 e. The Kier molecular flexibility index (Phi) is 6.42. The molecule has 0 radical (unpaired) electrons. The fourth-order valence-corrected chi connectivity index (χ4v) is 6.15. The van der Waals surface area contributed by atoms with Crippen LogP contribution in [0.2, 0.25) is 0 Å². The van der Waals surface area contributed by atoms with Gasteiger partial charge in [0.25, 0.3) is 11.8 Å². The van der Waals surface area contributed by atoms with Gasteiger partial charge in [0.1, 0.15) is 23.7 Å². The molecule has 0 saturated carbocycles. The highest BCUT2D eigenvalue weighted by atomic mass is 19.1. The molecule has 1 aromatic heterocycles. The number of carbonyl (C=O) groups is 3. The summed E-state index contributed by atoms with van der Waals surface area (Å²) in [7, 11) is 0. The number of nitrogens with one attached hydrogen (secondary N) is 2. The fourth-order valence-electron chi connectivity index (χ4n) is 6.15. The van der Waals surface area contributed by atoms with Gasteiger partial charge in [0.05, 0.1) is 17.9 Å². The van der Waals surface area contributed by atoms with E-state index in [1.807, 2.05) is 31.2 Å². The topological polar surface area (TPSA) is 94.7 Å². The van der Waals surface area contributed by atoms with Crippen LogP contribution in [0.4, 0.5) is 20.6 Å². The van der Waals surface area contributed by atoms with Gasteiger partial charge < -0.3 is 15.0 Å². The minimum absolute atomic E-state index is 0.181. The summed E-state index contributed by atoms with van der Waals surface area (Å²) in [5, 5.41) is 3.83. The zero-order valence-electron chi connectivity index (χ0n) is 23.2. The molecule has 3 heterocycles.